The Balaban J connectivity index is 3.17. The van der Waals surface area contributed by atoms with Crippen molar-refractivity contribution < 1.29 is 18.8 Å². The molecule has 0 atom stereocenters. The van der Waals surface area contributed by atoms with Gasteiger partial charge in [0.25, 0.3) is 0 Å². The standard InChI is InChI=1S/C10H10O3/c1-6(11)8-3-4-9(7(2)12)10(13)5-8/h3-5,13H,1-2H3/i1D3. The highest BCUT2D eigenvalue weighted by atomic mass is 16.3. The Morgan fingerprint density at radius 1 is 1.38 bits per heavy atom. The predicted molar refractivity (Wildman–Crippen MR) is 48.1 cm³/mol. The molecule has 0 unspecified atom stereocenters. The van der Waals surface area contributed by atoms with Crippen molar-refractivity contribution >= 4 is 11.6 Å². The molecule has 68 valence electrons. The number of carbonyl (C=O) groups is 2. The molecule has 0 aliphatic heterocycles. The average molecular weight is 181 g/mol. The maximum Gasteiger partial charge on any atom is 0.163 e. The van der Waals surface area contributed by atoms with Gasteiger partial charge < -0.3 is 5.11 Å². The largest absolute Gasteiger partial charge is 0.507 e. The topological polar surface area (TPSA) is 54.4 Å². The Bertz CT molecular complexity index is 449. The molecule has 0 aliphatic carbocycles. The Labute approximate surface area is 80.2 Å². The summed E-state index contributed by atoms with van der Waals surface area (Å²) in [5.41, 5.74) is -0.0791. The van der Waals surface area contributed by atoms with Crippen LogP contribution in [-0.4, -0.2) is 16.7 Å². The fourth-order valence-corrected chi connectivity index (χ4v) is 0.971. The monoisotopic (exact) mass is 181 g/mol. The number of hydrogen-bond acceptors (Lipinski definition) is 3. The summed E-state index contributed by atoms with van der Waals surface area (Å²) >= 11 is 0. The second-order valence-corrected chi connectivity index (χ2v) is 2.62. The first-order chi connectivity index (χ1) is 7.23. The van der Waals surface area contributed by atoms with E-state index in [0.29, 0.717) is 0 Å². The van der Waals surface area contributed by atoms with Gasteiger partial charge in [-0.3, -0.25) is 9.59 Å². The number of aromatic hydroxyl groups is 1. The summed E-state index contributed by atoms with van der Waals surface area (Å²) in [6, 6.07) is 3.44. The highest BCUT2D eigenvalue weighted by Gasteiger charge is 2.08. The van der Waals surface area contributed by atoms with Crippen LogP contribution in [0.5, 0.6) is 5.75 Å². The summed E-state index contributed by atoms with van der Waals surface area (Å²) in [4.78, 5) is 22.3. The van der Waals surface area contributed by atoms with Crippen molar-refractivity contribution in [2.75, 3.05) is 0 Å². The Morgan fingerprint density at radius 2 is 2.08 bits per heavy atom. The second-order valence-electron chi connectivity index (χ2n) is 2.62. The first-order valence-corrected chi connectivity index (χ1v) is 3.62. The minimum absolute atomic E-state index is 0.0575. The molecular weight excluding hydrogens is 168 g/mol. The van der Waals surface area contributed by atoms with Crippen molar-refractivity contribution in [1.29, 1.82) is 0 Å². The Hall–Kier alpha value is -1.64. The van der Waals surface area contributed by atoms with Gasteiger partial charge in [-0.15, -0.1) is 0 Å². The van der Waals surface area contributed by atoms with Crippen LogP contribution in [0.3, 0.4) is 0 Å². The molecule has 0 fully saturated rings. The summed E-state index contributed by atoms with van der Waals surface area (Å²) in [7, 11) is 0. The van der Waals surface area contributed by atoms with Gasteiger partial charge in [0.15, 0.2) is 11.6 Å². The van der Waals surface area contributed by atoms with Gasteiger partial charge in [0, 0.05) is 9.68 Å². The zero-order valence-electron chi connectivity index (χ0n) is 10.00. The lowest BCUT2D eigenvalue weighted by Gasteiger charge is -2.01. The van der Waals surface area contributed by atoms with E-state index in [1.807, 2.05) is 0 Å². The molecular formula is C10H10O3. The van der Waals surface area contributed by atoms with Crippen LogP contribution < -0.4 is 0 Å². The van der Waals surface area contributed by atoms with Crippen molar-refractivity contribution in [1.82, 2.24) is 0 Å². The molecule has 0 amide bonds. The molecule has 1 rings (SSSR count). The number of benzene rings is 1. The second kappa shape index (κ2) is 3.39. The minimum atomic E-state index is -2.75. The van der Waals surface area contributed by atoms with Crippen LogP contribution in [0.2, 0.25) is 0 Å². The lowest BCUT2D eigenvalue weighted by molar-refractivity contribution is 0.0999. The molecule has 13 heavy (non-hydrogen) atoms. The summed E-state index contributed by atoms with van der Waals surface area (Å²) in [5.74, 6) is -1.80. The van der Waals surface area contributed by atoms with Gasteiger partial charge in [0.05, 0.1) is 5.56 Å². The molecule has 0 saturated heterocycles. The molecule has 0 bridgehead atoms. The molecule has 0 spiro atoms. The van der Waals surface area contributed by atoms with Gasteiger partial charge in [-0.2, -0.15) is 0 Å². The number of Topliss-reactive ketones (excluding diaryl/α,β-unsaturated/α-hetero) is 2. The van der Waals surface area contributed by atoms with Crippen LogP contribution in [0, 0.1) is 0 Å². The van der Waals surface area contributed by atoms with E-state index in [1.54, 1.807) is 0 Å². The van der Waals surface area contributed by atoms with E-state index in [2.05, 4.69) is 0 Å². The highest BCUT2D eigenvalue weighted by Crippen LogP contribution is 2.19. The zero-order chi connectivity index (χ0) is 12.5. The van der Waals surface area contributed by atoms with Crippen molar-refractivity contribution in [3.8, 4) is 5.75 Å². The van der Waals surface area contributed by atoms with Crippen molar-refractivity contribution in [2.24, 2.45) is 0 Å². The van der Waals surface area contributed by atoms with Crippen LogP contribution in [-0.2, 0) is 0 Å². The predicted octanol–water partition coefficient (Wildman–Crippen LogP) is 1.80. The molecule has 0 aromatic heterocycles. The lowest BCUT2D eigenvalue weighted by atomic mass is 10.1. The zero-order valence-corrected chi connectivity index (χ0v) is 7.00. The fraction of sp³-hybridized carbons (Fsp3) is 0.200. The average Bonchev–Trinajstić information content (AvgIpc) is 2.14. The number of hydrogen-bond donors (Lipinski definition) is 1. The van der Waals surface area contributed by atoms with Crippen LogP contribution in [0.4, 0.5) is 0 Å². The van der Waals surface area contributed by atoms with Gasteiger partial charge in [0.2, 0.25) is 0 Å². The summed E-state index contributed by atoms with van der Waals surface area (Å²) < 4.78 is 20.8. The van der Waals surface area contributed by atoms with E-state index in [9.17, 15) is 14.7 Å². The summed E-state index contributed by atoms with van der Waals surface area (Å²) in [5, 5.41) is 9.42. The maximum atomic E-state index is 11.3. The van der Waals surface area contributed by atoms with Crippen molar-refractivity contribution in [3.63, 3.8) is 0 Å². The Kier molecular flexibility index (Phi) is 1.54. The molecule has 0 heterocycles. The van der Waals surface area contributed by atoms with Gasteiger partial charge in [-0.05, 0) is 25.9 Å². The first kappa shape index (κ1) is 5.91. The van der Waals surface area contributed by atoms with E-state index < -0.39 is 12.6 Å². The van der Waals surface area contributed by atoms with Crippen molar-refractivity contribution in [2.45, 2.75) is 13.8 Å². The maximum absolute atomic E-state index is 11.3. The van der Waals surface area contributed by atoms with E-state index in [1.165, 1.54) is 19.1 Å². The van der Waals surface area contributed by atoms with Gasteiger partial charge in [0.1, 0.15) is 5.75 Å². The van der Waals surface area contributed by atoms with Gasteiger partial charge >= 0.3 is 0 Å². The summed E-state index contributed by atoms with van der Waals surface area (Å²) in [6.45, 7) is -1.48. The van der Waals surface area contributed by atoms with Crippen LogP contribution >= 0.6 is 0 Å². The number of phenolic OH excluding ortho intramolecular Hbond substituents is 1. The first-order valence-electron chi connectivity index (χ1n) is 5.12. The SMILES string of the molecule is [2H]C([2H])([2H])C(=O)c1ccc(C(C)=O)c(O)c1. The van der Waals surface area contributed by atoms with E-state index >= 15 is 0 Å². The molecule has 3 nitrogen and oxygen atoms in total. The van der Waals surface area contributed by atoms with Gasteiger partial charge in [-0.1, -0.05) is 6.07 Å². The van der Waals surface area contributed by atoms with E-state index in [4.69, 9.17) is 4.11 Å². The molecule has 3 heteroatoms. The van der Waals surface area contributed by atoms with E-state index in [0.717, 1.165) is 6.07 Å². The van der Waals surface area contributed by atoms with Crippen molar-refractivity contribution in [3.05, 3.63) is 29.3 Å². The highest BCUT2D eigenvalue weighted by molar-refractivity contribution is 5.99. The summed E-state index contributed by atoms with van der Waals surface area (Å²) in [6.07, 6.45) is 0. The molecule has 1 N–H and O–H groups in total. The number of rotatable bonds is 2. The molecule has 0 aliphatic rings. The van der Waals surface area contributed by atoms with Crippen LogP contribution in [0.15, 0.2) is 18.2 Å². The molecule has 0 radical (unpaired) electrons. The van der Waals surface area contributed by atoms with Gasteiger partial charge in [-0.25, -0.2) is 0 Å². The smallest absolute Gasteiger partial charge is 0.163 e. The van der Waals surface area contributed by atoms with E-state index in [-0.39, 0.29) is 22.7 Å². The number of carbonyl (C=O) groups excluding carboxylic acids is 2. The molecule has 0 saturated carbocycles. The normalized spacial score (nSPS) is 14.1. The fourth-order valence-electron chi connectivity index (χ4n) is 0.971. The quantitative estimate of drug-likeness (QED) is 0.708. The third-order valence-electron chi connectivity index (χ3n) is 1.64. The number of ketones is 2. The van der Waals surface area contributed by atoms with Crippen LogP contribution in [0.1, 0.15) is 38.6 Å². The minimum Gasteiger partial charge on any atom is -0.507 e. The lowest BCUT2D eigenvalue weighted by Crippen LogP contribution is -1.96. The Morgan fingerprint density at radius 3 is 2.54 bits per heavy atom. The third-order valence-corrected chi connectivity index (χ3v) is 1.64. The number of phenols is 1. The third kappa shape index (κ3) is 1.93. The molecule has 1 aromatic rings. The van der Waals surface area contributed by atoms with Crippen LogP contribution in [0.25, 0.3) is 0 Å². The molecule has 1 aromatic carbocycles.